The van der Waals surface area contributed by atoms with Gasteiger partial charge < -0.3 is 9.84 Å². The summed E-state index contributed by atoms with van der Waals surface area (Å²) >= 11 is 0. The van der Waals surface area contributed by atoms with Gasteiger partial charge in [-0.25, -0.2) is 0 Å². The maximum absolute atomic E-state index is 13.2. The lowest BCUT2D eigenvalue weighted by Crippen LogP contribution is -2.58. The van der Waals surface area contributed by atoms with E-state index in [9.17, 15) is 15.2 Å². The van der Waals surface area contributed by atoms with Gasteiger partial charge in [0.2, 0.25) is 0 Å². The molecule has 0 bridgehead atoms. The maximum atomic E-state index is 13.2. The Balaban J connectivity index is 1.55. The van der Waals surface area contributed by atoms with Crippen LogP contribution in [0.3, 0.4) is 0 Å². The van der Waals surface area contributed by atoms with E-state index in [1.165, 1.54) is 6.42 Å². The van der Waals surface area contributed by atoms with Crippen molar-refractivity contribution in [1.29, 1.82) is 5.26 Å². The number of esters is 1. The standard InChI is InChI=1S/C29H41NO3/c1-26(2)12-13-29(25(32)33-5)11-9-21-20(22(29)16-26)6-7-24-27(21,3)10-8-19-14-23(31)18(17-30)15-28(19,24)4/h6,19,21-22,24,31H,7-16H2,1-5H3. The summed E-state index contributed by atoms with van der Waals surface area (Å²) in [5.74, 6) is 2.11. The fourth-order valence-electron chi connectivity index (χ4n) is 9.46. The first kappa shape index (κ1) is 23.0. The van der Waals surface area contributed by atoms with Crippen molar-refractivity contribution >= 4 is 5.97 Å². The van der Waals surface area contributed by atoms with Gasteiger partial charge in [0.25, 0.3) is 0 Å². The van der Waals surface area contributed by atoms with Gasteiger partial charge in [-0.2, -0.15) is 5.26 Å². The van der Waals surface area contributed by atoms with Gasteiger partial charge in [-0.15, -0.1) is 0 Å². The molecule has 4 nitrogen and oxygen atoms in total. The highest BCUT2D eigenvalue weighted by atomic mass is 16.5. The lowest BCUT2D eigenvalue weighted by molar-refractivity contribution is -0.167. The molecule has 5 aliphatic rings. The third-order valence-corrected chi connectivity index (χ3v) is 11.4. The molecule has 3 saturated carbocycles. The number of fused-ring (bicyclic) bond motifs is 7. The Morgan fingerprint density at radius 2 is 1.85 bits per heavy atom. The minimum absolute atomic E-state index is 0.0110. The zero-order valence-electron chi connectivity index (χ0n) is 21.2. The van der Waals surface area contributed by atoms with Crippen molar-refractivity contribution in [3.8, 4) is 6.07 Å². The van der Waals surface area contributed by atoms with Crippen LogP contribution >= 0.6 is 0 Å². The molecule has 1 N–H and O–H groups in total. The van der Waals surface area contributed by atoms with E-state index < -0.39 is 0 Å². The first-order valence-electron chi connectivity index (χ1n) is 13.1. The summed E-state index contributed by atoms with van der Waals surface area (Å²) in [5, 5.41) is 20.1. The average Bonchev–Trinajstić information content (AvgIpc) is 2.78. The smallest absolute Gasteiger partial charge is 0.312 e. The molecule has 0 aromatic carbocycles. The normalized spacial score (nSPS) is 46.0. The highest BCUT2D eigenvalue weighted by Gasteiger charge is 2.64. The molecular formula is C29H41NO3. The SMILES string of the molecule is COC(=O)C12CCC3C(=CCC4C5(C)CC(C#N)=C(O)CC5CCC34C)C1CC(C)(C)CC2. The number of aliphatic hydroxyl groups is 1. The lowest BCUT2D eigenvalue weighted by atomic mass is 9.39. The number of nitrogens with zero attached hydrogens (tertiary/aromatic N) is 1. The second kappa shape index (κ2) is 7.37. The van der Waals surface area contributed by atoms with Gasteiger partial charge in [-0.3, -0.25) is 4.79 Å². The van der Waals surface area contributed by atoms with E-state index in [1.807, 2.05) is 0 Å². The molecule has 4 heteroatoms. The van der Waals surface area contributed by atoms with Crippen LogP contribution in [0.15, 0.2) is 23.0 Å². The zero-order valence-corrected chi connectivity index (χ0v) is 21.2. The average molecular weight is 452 g/mol. The Hall–Kier alpha value is -1.76. The van der Waals surface area contributed by atoms with Crippen molar-refractivity contribution in [2.75, 3.05) is 7.11 Å². The summed E-state index contributed by atoms with van der Waals surface area (Å²) in [6, 6.07) is 2.31. The van der Waals surface area contributed by atoms with Crippen LogP contribution in [0.1, 0.15) is 91.9 Å². The van der Waals surface area contributed by atoms with E-state index in [-0.39, 0.29) is 27.6 Å². The molecule has 7 unspecified atom stereocenters. The number of rotatable bonds is 1. The second-order valence-electron chi connectivity index (χ2n) is 13.3. The monoisotopic (exact) mass is 451 g/mol. The molecule has 5 aliphatic carbocycles. The Kier molecular flexibility index (Phi) is 5.14. The van der Waals surface area contributed by atoms with Crippen LogP contribution in [0.25, 0.3) is 0 Å². The minimum Gasteiger partial charge on any atom is -0.511 e. The molecule has 0 aliphatic heterocycles. The first-order valence-corrected chi connectivity index (χ1v) is 13.1. The number of nitriles is 1. The van der Waals surface area contributed by atoms with Gasteiger partial charge in [0.05, 0.1) is 24.2 Å². The van der Waals surface area contributed by atoms with Crippen LogP contribution in [0.4, 0.5) is 0 Å². The van der Waals surface area contributed by atoms with Crippen LogP contribution in [0, 0.1) is 56.7 Å². The van der Waals surface area contributed by atoms with Crippen molar-refractivity contribution < 1.29 is 14.6 Å². The van der Waals surface area contributed by atoms with Crippen molar-refractivity contribution in [2.45, 2.75) is 91.9 Å². The van der Waals surface area contributed by atoms with E-state index in [1.54, 1.807) is 12.7 Å². The molecule has 0 saturated heterocycles. The van der Waals surface area contributed by atoms with Gasteiger partial charge in [0.1, 0.15) is 5.76 Å². The predicted octanol–water partition coefficient (Wildman–Crippen LogP) is 6.88. The molecule has 0 aromatic rings. The second-order valence-corrected chi connectivity index (χ2v) is 13.3. The number of carbonyl (C=O) groups excluding carboxylic acids is 1. The highest BCUT2D eigenvalue weighted by Crippen LogP contribution is 2.70. The van der Waals surface area contributed by atoms with Crippen LogP contribution in [0.5, 0.6) is 0 Å². The van der Waals surface area contributed by atoms with Gasteiger partial charge in [0.15, 0.2) is 0 Å². The van der Waals surface area contributed by atoms with Crippen molar-refractivity contribution in [3.63, 3.8) is 0 Å². The molecule has 3 fully saturated rings. The van der Waals surface area contributed by atoms with Gasteiger partial charge in [-0.1, -0.05) is 39.3 Å². The Morgan fingerprint density at radius 1 is 1.09 bits per heavy atom. The van der Waals surface area contributed by atoms with E-state index >= 15 is 0 Å². The number of carbonyl (C=O) groups is 1. The highest BCUT2D eigenvalue weighted by molar-refractivity contribution is 5.78. The molecular weight excluding hydrogens is 410 g/mol. The van der Waals surface area contributed by atoms with Crippen molar-refractivity contribution in [3.05, 3.63) is 23.0 Å². The quantitative estimate of drug-likeness (QED) is 0.348. The predicted molar refractivity (Wildman–Crippen MR) is 128 cm³/mol. The molecule has 33 heavy (non-hydrogen) atoms. The molecule has 0 aromatic heterocycles. The molecule has 5 rings (SSSR count). The number of allylic oxidation sites excluding steroid dienone is 4. The molecule has 0 spiro atoms. The third kappa shape index (κ3) is 3.10. The number of aliphatic hydroxyl groups excluding tert-OH is 1. The summed E-state index contributed by atoms with van der Waals surface area (Å²) < 4.78 is 5.42. The van der Waals surface area contributed by atoms with Crippen LogP contribution in [0.2, 0.25) is 0 Å². The van der Waals surface area contributed by atoms with Gasteiger partial charge in [0, 0.05) is 6.42 Å². The Labute approximate surface area is 199 Å². The fourth-order valence-corrected chi connectivity index (χ4v) is 9.46. The third-order valence-electron chi connectivity index (χ3n) is 11.4. The number of hydrogen-bond acceptors (Lipinski definition) is 4. The van der Waals surface area contributed by atoms with E-state index in [2.05, 4.69) is 39.8 Å². The van der Waals surface area contributed by atoms with Crippen LogP contribution in [-0.4, -0.2) is 18.2 Å². The molecule has 0 amide bonds. The van der Waals surface area contributed by atoms with Gasteiger partial charge >= 0.3 is 5.97 Å². The molecule has 0 heterocycles. The fraction of sp³-hybridized carbons (Fsp3) is 0.793. The maximum Gasteiger partial charge on any atom is 0.312 e. The first-order chi connectivity index (χ1) is 15.5. The summed E-state index contributed by atoms with van der Waals surface area (Å²) in [7, 11) is 1.56. The summed E-state index contributed by atoms with van der Waals surface area (Å²) in [6.45, 7) is 9.64. The molecule has 180 valence electrons. The molecule has 0 radical (unpaired) electrons. The lowest BCUT2D eigenvalue weighted by Gasteiger charge is -2.65. The Bertz CT molecular complexity index is 970. The number of hydrogen-bond donors (Lipinski definition) is 1. The Morgan fingerprint density at radius 3 is 2.55 bits per heavy atom. The largest absolute Gasteiger partial charge is 0.511 e. The van der Waals surface area contributed by atoms with Crippen LogP contribution in [-0.2, 0) is 9.53 Å². The van der Waals surface area contributed by atoms with Crippen molar-refractivity contribution in [1.82, 2.24) is 0 Å². The van der Waals surface area contributed by atoms with E-state index in [0.717, 1.165) is 44.9 Å². The van der Waals surface area contributed by atoms with E-state index in [4.69, 9.17) is 4.74 Å². The number of ether oxygens (including phenoxy) is 1. The zero-order chi connectivity index (χ0) is 23.8. The van der Waals surface area contributed by atoms with Gasteiger partial charge in [-0.05, 0) is 97.7 Å². The summed E-state index contributed by atoms with van der Waals surface area (Å²) in [6.07, 6.45) is 12.3. The minimum atomic E-state index is -0.343. The topological polar surface area (TPSA) is 70.3 Å². The number of methoxy groups -OCH3 is 1. The summed E-state index contributed by atoms with van der Waals surface area (Å²) in [5.41, 5.74) is 2.30. The van der Waals surface area contributed by atoms with Crippen LogP contribution < -0.4 is 0 Å². The van der Waals surface area contributed by atoms with Crippen molar-refractivity contribution in [2.24, 2.45) is 45.3 Å². The molecule has 7 atom stereocenters. The summed E-state index contributed by atoms with van der Waals surface area (Å²) in [4.78, 5) is 13.2. The van der Waals surface area contributed by atoms with E-state index in [0.29, 0.717) is 47.8 Å².